The first-order chi connectivity index (χ1) is 16.0. The van der Waals surface area contributed by atoms with Gasteiger partial charge in [0.1, 0.15) is 18.2 Å². The second-order valence-corrected chi connectivity index (χ2v) is 7.61. The molecule has 1 amide bonds. The molecule has 2 heterocycles. The van der Waals surface area contributed by atoms with Gasteiger partial charge in [0.25, 0.3) is 5.91 Å². The Kier molecular flexibility index (Phi) is 6.48. The van der Waals surface area contributed by atoms with Crippen molar-refractivity contribution in [1.82, 2.24) is 5.01 Å². The molecule has 0 saturated carbocycles. The standard InChI is InChI=1S/C24H26FN5O3/c1-3-12-29-21(28-14-22(31)30(29)19-8-6-18(25)7-9-19)11-5-17-4-10-20(27-13-16(2)26)24-23(17)32-15-33-24/h4-11,13,27H,3,12,14-15,26H2,1-2H3/b11-5+,16-13-. The van der Waals surface area contributed by atoms with Crippen LogP contribution in [0.3, 0.4) is 0 Å². The topological polar surface area (TPSA) is 92.4 Å². The Morgan fingerprint density at radius 3 is 2.67 bits per heavy atom. The Bertz CT molecular complexity index is 1120. The number of nitrogens with one attached hydrogen (secondary N) is 1. The Morgan fingerprint density at radius 1 is 1.18 bits per heavy atom. The van der Waals surface area contributed by atoms with E-state index in [0.717, 1.165) is 17.7 Å². The number of nitrogens with two attached hydrogens (primary N) is 1. The number of anilines is 2. The van der Waals surface area contributed by atoms with E-state index in [0.29, 0.717) is 35.3 Å². The molecule has 2 aromatic rings. The fourth-order valence-electron chi connectivity index (χ4n) is 3.58. The predicted molar refractivity (Wildman–Crippen MR) is 126 cm³/mol. The lowest BCUT2D eigenvalue weighted by Gasteiger charge is -2.38. The lowest BCUT2D eigenvalue weighted by atomic mass is 10.1. The number of aliphatic imine (C=N–C) groups is 1. The lowest BCUT2D eigenvalue weighted by Crippen LogP contribution is -2.54. The van der Waals surface area contributed by atoms with E-state index in [1.165, 1.54) is 12.1 Å². The Balaban J connectivity index is 1.63. The molecule has 2 aliphatic heterocycles. The maximum atomic E-state index is 13.4. The van der Waals surface area contributed by atoms with Gasteiger partial charge in [0.2, 0.25) is 6.79 Å². The summed E-state index contributed by atoms with van der Waals surface area (Å²) >= 11 is 0. The van der Waals surface area contributed by atoms with Crippen molar-refractivity contribution >= 4 is 29.2 Å². The van der Waals surface area contributed by atoms with Crippen molar-refractivity contribution in [2.45, 2.75) is 20.3 Å². The minimum absolute atomic E-state index is 0.00259. The summed E-state index contributed by atoms with van der Waals surface area (Å²) in [5.41, 5.74) is 8.49. The van der Waals surface area contributed by atoms with E-state index >= 15 is 0 Å². The van der Waals surface area contributed by atoms with Gasteiger partial charge in [0.15, 0.2) is 11.5 Å². The van der Waals surface area contributed by atoms with Crippen molar-refractivity contribution in [3.63, 3.8) is 0 Å². The first-order valence-corrected chi connectivity index (χ1v) is 10.7. The molecule has 9 heteroatoms. The molecule has 3 N–H and O–H groups in total. The molecule has 0 unspecified atom stereocenters. The fraction of sp³-hybridized carbons (Fsp3) is 0.250. The number of ether oxygens (including phenoxy) is 2. The molecule has 0 aromatic heterocycles. The summed E-state index contributed by atoms with van der Waals surface area (Å²) in [5.74, 6) is 1.31. The number of hydrogen-bond acceptors (Lipinski definition) is 7. The molecule has 2 aliphatic rings. The molecule has 172 valence electrons. The van der Waals surface area contributed by atoms with Gasteiger partial charge >= 0.3 is 0 Å². The summed E-state index contributed by atoms with van der Waals surface area (Å²) in [4.78, 5) is 17.2. The van der Waals surface area contributed by atoms with Crippen LogP contribution in [-0.4, -0.2) is 36.6 Å². The maximum Gasteiger partial charge on any atom is 0.267 e. The molecule has 4 rings (SSSR count). The second-order valence-electron chi connectivity index (χ2n) is 7.61. The van der Waals surface area contributed by atoms with E-state index < -0.39 is 0 Å². The molecule has 0 bridgehead atoms. The predicted octanol–water partition coefficient (Wildman–Crippen LogP) is 3.87. The van der Waals surface area contributed by atoms with Crippen molar-refractivity contribution in [1.29, 1.82) is 0 Å². The first kappa shape index (κ1) is 22.2. The van der Waals surface area contributed by atoms with Crippen LogP contribution in [-0.2, 0) is 4.79 Å². The van der Waals surface area contributed by atoms with Gasteiger partial charge in [-0.25, -0.2) is 9.40 Å². The monoisotopic (exact) mass is 451 g/mol. The number of hydrogen-bond donors (Lipinski definition) is 2. The SMILES string of the molecule is CCCN1C(/C=C/c2ccc(N/C=C(/C)N)c3c2OCO3)=NCC(=O)N1c1ccc(F)cc1. The van der Waals surface area contributed by atoms with Gasteiger partial charge in [-0.2, -0.15) is 0 Å². The number of rotatable bonds is 7. The number of carbonyl (C=O) groups excluding carboxylic acids is 1. The van der Waals surface area contributed by atoms with Gasteiger partial charge in [0, 0.05) is 24.0 Å². The van der Waals surface area contributed by atoms with Crippen molar-refractivity contribution < 1.29 is 18.7 Å². The van der Waals surface area contributed by atoms with E-state index in [-0.39, 0.29) is 25.1 Å². The smallest absolute Gasteiger partial charge is 0.267 e. The zero-order chi connectivity index (χ0) is 23.4. The van der Waals surface area contributed by atoms with Crippen LogP contribution >= 0.6 is 0 Å². The number of halogens is 1. The zero-order valence-corrected chi connectivity index (χ0v) is 18.5. The fourth-order valence-corrected chi connectivity index (χ4v) is 3.58. The Hall–Kier alpha value is -4.01. The minimum atomic E-state index is -0.356. The number of allylic oxidation sites excluding steroid dienone is 1. The number of fused-ring (bicyclic) bond motifs is 1. The highest BCUT2D eigenvalue weighted by atomic mass is 19.1. The minimum Gasteiger partial charge on any atom is -0.453 e. The molecular weight excluding hydrogens is 425 g/mol. The van der Waals surface area contributed by atoms with Crippen LogP contribution in [0.5, 0.6) is 11.5 Å². The summed E-state index contributed by atoms with van der Waals surface area (Å²) in [6.45, 7) is 4.50. The molecule has 33 heavy (non-hydrogen) atoms. The van der Waals surface area contributed by atoms with Crippen LogP contribution in [0.15, 0.2) is 59.4 Å². The number of amides is 1. The number of nitrogens with zero attached hydrogens (tertiary/aromatic N) is 3. The van der Waals surface area contributed by atoms with E-state index in [4.69, 9.17) is 15.2 Å². The molecule has 0 spiro atoms. The molecule has 8 nitrogen and oxygen atoms in total. The average Bonchev–Trinajstić information content (AvgIpc) is 3.29. The lowest BCUT2D eigenvalue weighted by molar-refractivity contribution is -0.119. The number of amidine groups is 1. The van der Waals surface area contributed by atoms with Crippen LogP contribution in [0.4, 0.5) is 15.8 Å². The third-order valence-electron chi connectivity index (χ3n) is 5.04. The van der Waals surface area contributed by atoms with Crippen LogP contribution in [0.25, 0.3) is 6.08 Å². The number of benzene rings is 2. The summed E-state index contributed by atoms with van der Waals surface area (Å²) in [5, 5.41) is 6.47. The van der Waals surface area contributed by atoms with Crippen molar-refractivity contribution in [2.24, 2.45) is 10.7 Å². The number of carbonyl (C=O) groups is 1. The van der Waals surface area contributed by atoms with Gasteiger partial charge in [-0.15, -0.1) is 0 Å². The molecule has 0 aliphatic carbocycles. The first-order valence-electron chi connectivity index (χ1n) is 10.7. The van der Waals surface area contributed by atoms with Gasteiger partial charge in [-0.3, -0.25) is 14.8 Å². The van der Waals surface area contributed by atoms with Crippen LogP contribution in [0, 0.1) is 5.82 Å². The molecule has 2 aromatic carbocycles. The Morgan fingerprint density at radius 2 is 1.94 bits per heavy atom. The third kappa shape index (κ3) is 4.77. The van der Waals surface area contributed by atoms with Crippen molar-refractivity contribution in [3.8, 4) is 11.5 Å². The quantitative estimate of drug-likeness (QED) is 0.664. The molecule has 0 fully saturated rings. The van der Waals surface area contributed by atoms with E-state index in [2.05, 4.69) is 10.3 Å². The zero-order valence-electron chi connectivity index (χ0n) is 18.5. The molecule has 0 radical (unpaired) electrons. The van der Waals surface area contributed by atoms with Crippen LogP contribution < -0.4 is 25.5 Å². The highest BCUT2D eigenvalue weighted by Crippen LogP contribution is 2.42. The van der Waals surface area contributed by atoms with Crippen molar-refractivity contribution in [2.75, 3.05) is 30.2 Å². The van der Waals surface area contributed by atoms with Gasteiger partial charge in [-0.1, -0.05) is 6.92 Å². The second kappa shape index (κ2) is 9.64. The highest BCUT2D eigenvalue weighted by molar-refractivity contribution is 6.07. The van der Waals surface area contributed by atoms with E-state index in [1.807, 2.05) is 31.2 Å². The summed E-state index contributed by atoms with van der Waals surface area (Å²) in [6.07, 6.45) is 6.19. The largest absolute Gasteiger partial charge is 0.453 e. The summed E-state index contributed by atoms with van der Waals surface area (Å²) < 4.78 is 24.7. The van der Waals surface area contributed by atoms with Crippen LogP contribution in [0.2, 0.25) is 0 Å². The van der Waals surface area contributed by atoms with Gasteiger partial charge in [0.05, 0.1) is 11.4 Å². The van der Waals surface area contributed by atoms with E-state index in [1.54, 1.807) is 35.3 Å². The average molecular weight is 452 g/mol. The van der Waals surface area contributed by atoms with Gasteiger partial charge < -0.3 is 20.5 Å². The maximum absolute atomic E-state index is 13.4. The third-order valence-corrected chi connectivity index (χ3v) is 5.04. The summed E-state index contributed by atoms with van der Waals surface area (Å²) in [6, 6.07) is 9.64. The number of hydrazine groups is 1. The molecule has 0 atom stereocenters. The van der Waals surface area contributed by atoms with Crippen molar-refractivity contribution in [3.05, 3.63) is 65.8 Å². The van der Waals surface area contributed by atoms with Crippen LogP contribution in [0.1, 0.15) is 25.8 Å². The molecular formula is C24H26FN5O3. The van der Waals surface area contributed by atoms with E-state index in [9.17, 15) is 9.18 Å². The normalized spacial score (nSPS) is 15.9. The van der Waals surface area contributed by atoms with Gasteiger partial charge in [-0.05, 0) is 61.9 Å². The Labute approximate surface area is 191 Å². The molecule has 0 saturated heterocycles. The summed E-state index contributed by atoms with van der Waals surface area (Å²) in [7, 11) is 0. The highest BCUT2D eigenvalue weighted by Gasteiger charge is 2.29.